The molecule has 0 atom stereocenters. The fraction of sp³-hybridized carbons (Fsp3) is 0.500. The second-order valence-electron chi connectivity index (χ2n) is 7.14. The zero-order chi connectivity index (χ0) is 20.3. The van der Waals surface area contributed by atoms with E-state index in [2.05, 4.69) is 55.1 Å². The Kier molecular flexibility index (Phi) is 11.3. The SMILES string of the molecule is CN=C(NCCCN1CCN(c2ccc(OC)cc2)CC1)NCCc1cccs1.I. The van der Waals surface area contributed by atoms with Crippen LogP contribution < -0.4 is 20.3 Å². The highest BCUT2D eigenvalue weighted by atomic mass is 127. The lowest BCUT2D eigenvalue weighted by molar-refractivity contribution is 0.255. The molecule has 0 saturated carbocycles. The molecular weight excluding hydrogens is 509 g/mol. The first kappa shape index (κ1) is 24.7. The molecule has 0 aliphatic carbocycles. The fourth-order valence-electron chi connectivity index (χ4n) is 3.51. The molecule has 1 aliphatic rings. The van der Waals surface area contributed by atoms with Gasteiger partial charge in [0.2, 0.25) is 0 Å². The summed E-state index contributed by atoms with van der Waals surface area (Å²) in [6.45, 7) is 7.34. The van der Waals surface area contributed by atoms with Crippen LogP contribution in [-0.4, -0.2) is 70.8 Å². The lowest BCUT2D eigenvalue weighted by atomic mass is 10.2. The summed E-state index contributed by atoms with van der Waals surface area (Å²) in [7, 11) is 3.54. The van der Waals surface area contributed by atoms with E-state index in [0.717, 1.165) is 70.4 Å². The number of nitrogens with zero attached hydrogens (tertiary/aromatic N) is 3. The maximum absolute atomic E-state index is 5.25. The summed E-state index contributed by atoms with van der Waals surface area (Å²) in [5, 5.41) is 8.95. The van der Waals surface area contributed by atoms with Gasteiger partial charge in [-0.1, -0.05) is 6.07 Å². The van der Waals surface area contributed by atoms with E-state index in [0.29, 0.717) is 0 Å². The first-order chi connectivity index (χ1) is 14.3. The van der Waals surface area contributed by atoms with Gasteiger partial charge >= 0.3 is 0 Å². The van der Waals surface area contributed by atoms with Gasteiger partial charge in [-0.3, -0.25) is 9.89 Å². The van der Waals surface area contributed by atoms with Crippen LogP contribution in [0.2, 0.25) is 0 Å². The van der Waals surface area contributed by atoms with Gasteiger partial charge in [0.15, 0.2) is 5.96 Å². The quantitative estimate of drug-likeness (QED) is 0.220. The number of methoxy groups -OCH3 is 1. The van der Waals surface area contributed by atoms with Gasteiger partial charge in [0.1, 0.15) is 5.75 Å². The predicted molar refractivity (Wildman–Crippen MR) is 139 cm³/mol. The van der Waals surface area contributed by atoms with Crippen LogP contribution in [0.4, 0.5) is 5.69 Å². The third-order valence-electron chi connectivity index (χ3n) is 5.22. The number of anilines is 1. The number of ether oxygens (including phenoxy) is 1. The number of guanidine groups is 1. The van der Waals surface area contributed by atoms with Crippen LogP contribution in [0.5, 0.6) is 5.75 Å². The third kappa shape index (κ3) is 7.96. The second-order valence-corrected chi connectivity index (χ2v) is 8.17. The molecule has 1 aliphatic heterocycles. The van der Waals surface area contributed by atoms with Crippen molar-refractivity contribution in [1.29, 1.82) is 0 Å². The predicted octanol–water partition coefficient (Wildman–Crippen LogP) is 3.29. The number of hydrogen-bond acceptors (Lipinski definition) is 5. The van der Waals surface area contributed by atoms with E-state index in [4.69, 9.17) is 4.74 Å². The van der Waals surface area contributed by atoms with Crippen LogP contribution in [0.25, 0.3) is 0 Å². The maximum Gasteiger partial charge on any atom is 0.190 e. The second kappa shape index (κ2) is 13.7. The molecule has 0 unspecified atom stereocenters. The van der Waals surface area contributed by atoms with Crippen molar-refractivity contribution in [3.05, 3.63) is 46.7 Å². The molecule has 0 bridgehead atoms. The van der Waals surface area contributed by atoms with Crippen LogP contribution >= 0.6 is 35.3 Å². The van der Waals surface area contributed by atoms with Gasteiger partial charge in [0, 0.05) is 56.9 Å². The maximum atomic E-state index is 5.25. The van der Waals surface area contributed by atoms with Crippen molar-refractivity contribution in [2.45, 2.75) is 12.8 Å². The van der Waals surface area contributed by atoms with Crippen LogP contribution in [0, 0.1) is 0 Å². The van der Waals surface area contributed by atoms with Crippen LogP contribution in [0.1, 0.15) is 11.3 Å². The molecule has 1 aromatic heterocycles. The number of nitrogens with one attached hydrogen (secondary N) is 2. The van der Waals surface area contributed by atoms with E-state index in [1.165, 1.54) is 10.6 Å². The Morgan fingerprint density at radius 3 is 2.43 bits per heavy atom. The normalized spacial score (nSPS) is 14.9. The first-order valence-corrected chi connectivity index (χ1v) is 11.2. The van der Waals surface area contributed by atoms with Crippen molar-refractivity contribution >= 4 is 47.0 Å². The van der Waals surface area contributed by atoms with Crippen molar-refractivity contribution in [3.8, 4) is 5.75 Å². The Balaban J connectivity index is 0.00000320. The van der Waals surface area contributed by atoms with Gasteiger partial charge in [-0.2, -0.15) is 0 Å². The highest BCUT2D eigenvalue weighted by molar-refractivity contribution is 14.0. The molecule has 2 N–H and O–H groups in total. The molecule has 8 heteroatoms. The molecule has 1 fully saturated rings. The van der Waals surface area contributed by atoms with E-state index in [9.17, 15) is 0 Å². The average molecular weight is 544 g/mol. The topological polar surface area (TPSA) is 52.1 Å². The average Bonchev–Trinajstić information content (AvgIpc) is 3.29. The summed E-state index contributed by atoms with van der Waals surface area (Å²) < 4.78 is 5.25. The minimum absolute atomic E-state index is 0. The lowest BCUT2D eigenvalue weighted by Gasteiger charge is -2.36. The number of thiophene rings is 1. The van der Waals surface area contributed by atoms with Crippen molar-refractivity contribution in [2.24, 2.45) is 4.99 Å². The largest absolute Gasteiger partial charge is 0.497 e. The van der Waals surface area contributed by atoms with Gasteiger partial charge in [0.05, 0.1) is 7.11 Å². The van der Waals surface area contributed by atoms with Gasteiger partial charge in [-0.15, -0.1) is 35.3 Å². The summed E-state index contributed by atoms with van der Waals surface area (Å²) in [4.78, 5) is 10.7. The van der Waals surface area contributed by atoms with Crippen LogP contribution in [-0.2, 0) is 6.42 Å². The molecule has 0 amide bonds. The smallest absolute Gasteiger partial charge is 0.190 e. The van der Waals surface area contributed by atoms with Crippen LogP contribution in [0.15, 0.2) is 46.8 Å². The van der Waals surface area contributed by atoms with Crippen molar-refractivity contribution < 1.29 is 4.74 Å². The number of rotatable bonds is 9. The van der Waals surface area contributed by atoms with Crippen LogP contribution in [0.3, 0.4) is 0 Å². The van der Waals surface area contributed by atoms with Gasteiger partial charge in [-0.25, -0.2) is 0 Å². The summed E-state index contributed by atoms with van der Waals surface area (Å²) in [5.41, 5.74) is 1.28. The Morgan fingerprint density at radius 2 is 1.80 bits per heavy atom. The molecule has 6 nitrogen and oxygen atoms in total. The molecule has 3 rings (SSSR count). The number of piperazine rings is 1. The van der Waals surface area contributed by atoms with Crippen molar-refractivity contribution in [3.63, 3.8) is 0 Å². The molecule has 2 aromatic rings. The minimum atomic E-state index is 0. The summed E-state index contributed by atoms with van der Waals surface area (Å²) >= 11 is 1.80. The molecule has 0 radical (unpaired) electrons. The third-order valence-corrected chi connectivity index (χ3v) is 6.16. The highest BCUT2D eigenvalue weighted by Crippen LogP contribution is 2.20. The summed E-state index contributed by atoms with van der Waals surface area (Å²) in [5.74, 6) is 1.81. The Morgan fingerprint density at radius 1 is 1.07 bits per heavy atom. The Bertz CT molecular complexity index is 730. The summed E-state index contributed by atoms with van der Waals surface area (Å²) in [6, 6.07) is 12.6. The zero-order valence-electron chi connectivity index (χ0n) is 18.0. The molecule has 1 saturated heterocycles. The Hall–Kier alpha value is -1.52. The Labute approximate surface area is 201 Å². The molecule has 0 spiro atoms. The van der Waals surface area contributed by atoms with E-state index >= 15 is 0 Å². The van der Waals surface area contributed by atoms with Crippen molar-refractivity contribution in [1.82, 2.24) is 15.5 Å². The first-order valence-electron chi connectivity index (χ1n) is 10.4. The van der Waals surface area contributed by atoms with Gasteiger partial charge in [-0.05, 0) is 55.1 Å². The van der Waals surface area contributed by atoms with Crippen molar-refractivity contribution in [2.75, 3.05) is 64.9 Å². The van der Waals surface area contributed by atoms with E-state index < -0.39 is 0 Å². The number of halogens is 1. The number of hydrogen-bond donors (Lipinski definition) is 2. The van der Waals surface area contributed by atoms with Gasteiger partial charge in [0.25, 0.3) is 0 Å². The lowest BCUT2D eigenvalue weighted by Crippen LogP contribution is -2.47. The fourth-order valence-corrected chi connectivity index (χ4v) is 4.22. The van der Waals surface area contributed by atoms with E-state index in [1.807, 2.05) is 19.2 Å². The standard InChI is InChI=1S/C22H33N5OS.HI/c1-23-22(25-12-10-21-5-3-18-29-21)24-11-4-13-26-14-16-27(17-15-26)19-6-8-20(28-2)9-7-19;/h3,5-9,18H,4,10-17H2,1-2H3,(H2,23,24,25);1H. The molecular formula is C22H34IN5OS. The molecule has 166 valence electrons. The highest BCUT2D eigenvalue weighted by Gasteiger charge is 2.16. The van der Waals surface area contributed by atoms with E-state index in [-0.39, 0.29) is 24.0 Å². The van der Waals surface area contributed by atoms with E-state index in [1.54, 1.807) is 18.4 Å². The monoisotopic (exact) mass is 543 g/mol. The minimum Gasteiger partial charge on any atom is -0.497 e. The molecule has 1 aromatic carbocycles. The van der Waals surface area contributed by atoms with Gasteiger partial charge < -0.3 is 20.3 Å². The molecule has 2 heterocycles. The number of benzene rings is 1. The molecule has 30 heavy (non-hydrogen) atoms. The summed E-state index contributed by atoms with van der Waals surface area (Å²) in [6.07, 6.45) is 2.16. The zero-order valence-corrected chi connectivity index (χ0v) is 21.1. The number of aliphatic imine (C=N–C) groups is 1.